The van der Waals surface area contributed by atoms with Crippen molar-refractivity contribution in [2.75, 3.05) is 33.3 Å². The summed E-state index contributed by atoms with van der Waals surface area (Å²) < 4.78 is 18.5. The second-order valence-corrected chi connectivity index (χ2v) is 6.03. The first-order chi connectivity index (χ1) is 10.6. The van der Waals surface area contributed by atoms with Gasteiger partial charge in [-0.05, 0) is 50.0 Å². The van der Waals surface area contributed by atoms with Crippen LogP contribution in [0.5, 0.6) is 5.75 Å². The summed E-state index contributed by atoms with van der Waals surface area (Å²) in [5, 5.41) is 2.88. The molecule has 4 nitrogen and oxygen atoms in total. The lowest BCUT2D eigenvalue weighted by molar-refractivity contribution is 0.0942. The third-order valence-electron chi connectivity index (χ3n) is 4.04. The molecule has 122 valence electrons. The van der Waals surface area contributed by atoms with Crippen LogP contribution in [0.25, 0.3) is 0 Å². The molecule has 1 N–H and O–H groups in total. The molecule has 0 aliphatic carbocycles. The maximum absolute atomic E-state index is 13.6. The summed E-state index contributed by atoms with van der Waals surface area (Å²) in [6, 6.07) is 4.26. The van der Waals surface area contributed by atoms with Gasteiger partial charge >= 0.3 is 0 Å². The Hall–Kier alpha value is -1.62. The van der Waals surface area contributed by atoms with E-state index in [1.807, 2.05) is 0 Å². The number of likely N-dealkylation sites (tertiary alicyclic amines) is 1. The van der Waals surface area contributed by atoms with Crippen molar-refractivity contribution in [3.05, 3.63) is 29.6 Å². The number of carbonyl (C=O) groups is 1. The highest BCUT2D eigenvalue weighted by molar-refractivity contribution is 5.94. The van der Waals surface area contributed by atoms with Gasteiger partial charge in [-0.25, -0.2) is 4.39 Å². The van der Waals surface area contributed by atoms with E-state index in [0.29, 0.717) is 18.0 Å². The molecule has 1 aromatic carbocycles. The van der Waals surface area contributed by atoms with Gasteiger partial charge < -0.3 is 15.0 Å². The number of piperidine rings is 1. The average Bonchev–Trinajstić information content (AvgIpc) is 2.53. The van der Waals surface area contributed by atoms with E-state index in [1.54, 1.807) is 6.07 Å². The van der Waals surface area contributed by atoms with Crippen molar-refractivity contribution in [2.24, 2.45) is 5.92 Å². The number of benzene rings is 1. The van der Waals surface area contributed by atoms with E-state index in [4.69, 9.17) is 4.74 Å². The van der Waals surface area contributed by atoms with Gasteiger partial charge in [-0.1, -0.05) is 13.3 Å². The number of hydrogen-bond acceptors (Lipinski definition) is 3. The molecule has 1 saturated heterocycles. The van der Waals surface area contributed by atoms with Crippen LogP contribution in [-0.4, -0.2) is 44.1 Å². The number of amides is 1. The summed E-state index contributed by atoms with van der Waals surface area (Å²) in [4.78, 5) is 14.5. The molecule has 1 heterocycles. The van der Waals surface area contributed by atoms with E-state index in [9.17, 15) is 9.18 Å². The van der Waals surface area contributed by atoms with Crippen molar-refractivity contribution >= 4 is 5.91 Å². The van der Waals surface area contributed by atoms with Crippen LogP contribution in [0.1, 0.15) is 36.5 Å². The molecule has 1 atom stereocenters. The van der Waals surface area contributed by atoms with Crippen LogP contribution in [-0.2, 0) is 0 Å². The number of halogens is 1. The normalized spacial score (nSPS) is 17.0. The molecule has 1 amide bonds. The molecule has 2 rings (SSSR count). The van der Waals surface area contributed by atoms with Gasteiger partial charge in [0.15, 0.2) is 11.6 Å². The van der Waals surface area contributed by atoms with Crippen molar-refractivity contribution in [1.82, 2.24) is 10.2 Å². The van der Waals surface area contributed by atoms with Gasteiger partial charge in [-0.3, -0.25) is 4.79 Å². The maximum atomic E-state index is 13.6. The average molecular weight is 308 g/mol. The molecule has 0 bridgehead atoms. The number of ether oxygens (including phenoxy) is 1. The Morgan fingerprint density at radius 3 is 2.73 bits per heavy atom. The summed E-state index contributed by atoms with van der Waals surface area (Å²) in [5.41, 5.74) is 0.323. The Labute approximate surface area is 131 Å². The van der Waals surface area contributed by atoms with E-state index in [-0.39, 0.29) is 11.7 Å². The lowest BCUT2D eigenvalue weighted by Gasteiger charge is -2.29. The van der Waals surface area contributed by atoms with E-state index in [2.05, 4.69) is 17.1 Å². The number of methoxy groups -OCH3 is 1. The molecule has 1 aliphatic heterocycles. The molecule has 0 saturated carbocycles. The first kappa shape index (κ1) is 16.7. The molecule has 5 heteroatoms. The molecule has 0 radical (unpaired) electrons. The second-order valence-electron chi connectivity index (χ2n) is 6.03. The summed E-state index contributed by atoms with van der Waals surface area (Å²) >= 11 is 0. The predicted molar refractivity (Wildman–Crippen MR) is 84.7 cm³/mol. The zero-order valence-corrected chi connectivity index (χ0v) is 13.4. The third-order valence-corrected chi connectivity index (χ3v) is 4.04. The van der Waals surface area contributed by atoms with Gasteiger partial charge in [-0.2, -0.15) is 0 Å². The molecule has 0 spiro atoms. The minimum atomic E-state index is -0.517. The number of carbonyl (C=O) groups excluding carboxylic acids is 1. The Morgan fingerprint density at radius 2 is 2.09 bits per heavy atom. The van der Waals surface area contributed by atoms with Gasteiger partial charge in [-0.15, -0.1) is 0 Å². The van der Waals surface area contributed by atoms with Gasteiger partial charge in [0.05, 0.1) is 7.11 Å². The van der Waals surface area contributed by atoms with E-state index >= 15 is 0 Å². The van der Waals surface area contributed by atoms with Gasteiger partial charge in [0, 0.05) is 18.7 Å². The largest absolute Gasteiger partial charge is 0.494 e. The van der Waals surface area contributed by atoms with Crippen LogP contribution in [0.2, 0.25) is 0 Å². The highest BCUT2D eigenvalue weighted by Gasteiger charge is 2.15. The zero-order valence-electron chi connectivity index (χ0n) is 13.4. The standard InChI is InChI=1S/C17H25FN2O2/c1-13(12-20-8-4-3-5-9-20)11-19-17(21)14-6-7-16(22-2)15(18)10-14/h6-7,10,13H,3-5,8-9,11-12H2,1-2H3,(H,19,21). The van der Waals surface area contributed by atoms with Crippen molar-refractivity contribution in [1.29, 1.82) is 0 Å². The second kappa shape index (κ2) is 8.13. The van der Waals surface area contributed by atoms with Gasteiger partial charge in [0.1, 0.15) is 0 Å². The summed E-state index contributed by atoms with van der Waals surface area (Å²) in [5.74, 6) is -0.233. The van der Waals surface area contributed by atoms with Crippen molar-refractivity contribution < 1.29 is 13.9 Å². The van der Waals surface area contributed by atoms with Crippen molar-refractivity contribution in [3.8, 4) is 5.75 Å². The quantitative estimate of drug-likeness (QED) is 0.878. The Kier molecular flexibility index (Phi) is 6.19. The SMILES string of the molecule is COc1ccc(C(=O)NCC(C)CN2CCCCC2)cc1F. The van der Waals surface area contributed by atoms with Crippen LogP contribution < -0.4 is 10.1 Å². The molecule has 1 aliphatic rings. The monoisotopic (exact) mass is 308 g/mol. The minimum absolute atomic E-state index is 0.148. The molecule has 1 aromatic rings. The Morgan fingerprint density at radius 1 is 1.36 bits per heavy atom. The van der Waals surface area contributed by atoms with Gasteiger partial charge in [0.2, 0.25) is 0 Å². The number of nitrogens with one attached hydrogen (secondary N) is 1. The van der Waals surface area contributed by atoms with Gasteiger partial charge in [0.25, 0.3) is 5.91 Å². The maximum Gasteiger partial charge on any atom is 0.251 e. The molecular weight excluding hydrogens is 283 g/mol. The lowest BCUT2D eigenvalue weighted by Crippen LogP contribution is -2.38. The first-order valence-electron chi connectivity index (χ1n) is 7.94. The topological polar surface area (TPSA) is 41.6 Å². The molecular formula is C17H25FN2O2. The fraction of sp³-hybridized carbons (Fsp3) is 0.588. The van der Waals surface area contributed by atoms with E-state index in [0.717, 1.165) is 19.6 Å². The van der Waals surface area contributed by atoms with Crippen LogP contribution >= 0.6 is 0 Å². The molecule has 0 aromatic heterocycles. The fourth-order valence-corrected chi connectivity index (χ4v) is 2.82. The fourth-order valence-electron chi connectivity index (χ4n) is 2.82. The number of nitrogens with zero attached hydrogens (tertiary/aromatic N) is 1. The Bertz CT molecular complexity index is 501. The van der Waals surface area contributed by atoms with Crippen LogP contribution in [0.3, 0.4) is 0 Å². The summed E-state index contributed by atoms with van der Waals surface area (Å²) in [6.45, 7) is 6.04. The van der Waals surface area contributed by atoms with Crippen LogP contribution in [0, 0.1) is 11.7 Å². The third kappa shape index (κ3) is 4.70. The highest BCUT2D eigenvalue weighted by Crippen LogP contribution is 2.17. The predicted octanol–water partition coefficient (Wildman–Crippen LogP) is 2.69. The lowest BCUT2D eigenvalue weighted by atomic mass is 10.1. The van der Waals surface area contributed by atoms with E-state index < -0.39 is 5.82 Å². The van der Waals surface area contributed by atoms with E-state index in [1.165, 1.54) is 38.5 Å². The molecule has 22 heavy (non-hydrogen) atoms. The summed E-state index contributed by atoms with van der Waals surface area (Å²) in [6.07, 6.45) is 3.86. The molecule has 1 fully saturated rings. The van der Waals surface area contributed by atoms with Crippen LogP contribution in [0.4, 0.5) is 4.39 Å². The highest BCUT2D eigenvalue weighted by atomic mass is 19.1. The minimum Gasteiger partial charge on any atom is -0.494 e. The van der Waals surface area contributed by atoms with Crippen molar-refractivity contribution in [3.63, 3.8) is 0 Å². The smallest absolute Gasteiger partial charge is 0.251 e. The molecule has 1 unspecified atom stereocenters. The number of rotatable bonds is 6. The first-order valence-corrected chi connectivity index (χ1v) is 7.94. The zero-order chi connectivity index (χ0) is 15.9. The number of hydrogen-bond donors (Lipinski definition) is 1. The Balaban J connectivity index is 1.80. The summed E-state index contributed by atoms with van der Waals surface area (Å²) in [7, 11) is 1.40. The van der Waals surface area contributed by atoms with Crippen LogP contribution in [0.15, 0.2) is 18.2 Å². The van der Waals surface area contributed by atoms with Crippen molar-refractivity contribution in [2.45, 2.75) is 26.2 Å².